The van der Waals surface area contributed by atoms with Gasteiger partial charge >= 0.3 is 12.1 Å². The number of amides is 2. The van der Waals surface area contributed by atoms with Gasteiger partial charge in [-0.25, -0.2) is 4.98 Å². The number of alkyl halides is 3. The molecule has 1 atom stereocenters. The summed E-state index contributed by atoms with van der Waals surface area (Å²) in [4.78, 5) is 29.4. The van der Waals surface area contributed by atoms with Crippen LogP contribution in [0.15, 0.2) is 49.2 Å². The number of H-pyrrole nitrogens is 1. The molecule has 3 N–H and O–H groups in total. The van der Waals surface area contributed by atoms with Gasteiger partial charge in [-0.05, 0) is 48.6 Å². The number of nitrogens with one attached hydrogen (secondary N) is 3. The number of hydrogen-bond acceptors (Lipinski definition) is 5. The first kappa shape index (κ1) is 24.2. The van der Waals surface area contributed by atoms with E-state index in [-0.39, 0.29) is 11.9 Å². The minimum atomic E-state index is -4.93. The van der Waals surface area contributed by atoms with E-state index in [1.807, 2.05) is 11.4 Å². The van der Waals surface area contributed by atoms with Gasteiger partial charge in [-0.2, -0.15) is 18.3 Å². The number of pyridine rings is 1. The van der Waals surface area contributed by atoms with E-state index in [0.29, 0.717) is 24.3 Å². The molecule has 1 aliphatic heterocycles. The molecule has 1 aliphatic rings. The molecule has 3 aromatic rings. The molecule has 35 heavy (non-hydrogen) atoms. The van der Waals surface area contributed by atoms with E-state index < -0.39 is 18.1 Å². The van der Waals surface area contributed by atoms with Gasteiger partial charge in [0.1, 0.15) is 0 Å². The fourth-order valence-electron chi connectivity index (χ4n) is 4.21. The van der Waals surface area contributed by atoms with Crippen LogP contribution >= 0.6 is 0 Å². The smallest absolute Gasteiger partial charge is 0.354 e. The molecule has 2 aromatic heterocycles. The molecule has 1 aromatic carbocycles. The fourth-order valence-corrected chi connectivity index (χ4v) is 4.21. The van der Waals surface area contributed by atoms with E-state index in [4.69, 9.17) is 0 Å². The second-order valence-electron chi connectivity index (χ2n) is 8.42. The number of rotatable bonds is 6. The highest BCUT2D eigenvalue weighted by Crippen LogP contribution is 2.35. The zero-order valence-corrected chi connectivity index (χ0v) is 19.0. The molecule has 2 amide bonds. The summed E-state index contributed by atoms with van der Waals surface area (Å²) < 4.78 is 37.7. The summed E-state index contributed by atoms with van der Waals surface area (Å²) in [5.74, 6) is -1.40. The van der Waals surface area contributed by atoms with Crippen molar-refractivity contribution in [2.45, 2.75) is 38.0 Å². The Bertz CT molecular complexity index is 1230. The van der Waals surface area contributed by atoms with Crippen molar-refractivity contribution in [2.24, 2.45) is 0 Å². The van der Waals surface area contributed by atoms with Crippen molar-refractivity contribution in [3.8, 4) is 11.1 Å². The Kier molecular flexibility index (Phi) is 6.77. The number of anilines is 1. The van der Waals surface area contributed by atoms with E-state index in [1.165, 1.54) is 13.0 Å². The number of carbonyl (C=O) groups excluding carboxylic acids is 2. The lowest BCUT2D eigenvalue weighted by atomic mass is 9.99. The van der Waals surface area contributed by atoms with Crippen molar-refractivity contribution in [3.63, 3.8) is 0 Å². The zero-order chi connectivity index (χ0) is 25.2. The minimum Gasteiger partial charge on any atom is -0.354 e. The third-order valence-corrected chi connectivity index (χ3v) is 6.10. The zero-order valence-electron chi connectivity index (χ0n) is 19.0. The van der Waals surface area contributed by atoms with Gasteiger partial charge in [-0.3, -0.25) is 14.7 Å². The third kappa shape index (κ3) is 5.28. The first-order valence-corrected chi connectivity index (χ1v) is 11.2. The largest absolute Gasteiger partial charge is 0.471 e. The molecule has 1 fully saturated rings. The van der Waals surface area contributed by atoms with Gasteiger partial charge in [0.25, 0.3) is 0 Å². The Morgan fingerprint density at radius 2 is 1.89 bits per heavy atom. The number of hydrogen-bond donors (Lipinski definition) is 3. The molecule has 0 aliphatic carbocycles. The average molecular weight is 486 g/mol. The molecule has 0 spiro atoms. The Hall–Kier alpha value is -3.89. The Balaban J connectivity index is 1.55. The maximum atomic E-state index is 12.6. The monoisotopic (exact) mass is 486 g/mol. The summed E-state index contributed by atoms with van der Waals surface area (Å²) in [6.07, 6.45) is -0.474. The molecule has 4 rings (SSSR count). The number of piperidine rings is 1. The number of halogens is 3. The molecule has 0 unspecified atom stereocenters. The number of nitrogens with zero attached hydrogens (tertiary/aromatic N) is 3. The molecule has 0 saturated carbocycles. The number of aromatic nitrogens is 3. The van der Waals surface area contributed by atoms with Crippen molar-refractivity contribution >= 4 is 28.7 Å². The lowest BCUT2D eigenvalue weighted by Crippen LogP contribution is -2.44. The van der Waals surface area contributed by atoms with Crippen LogP contribution in [0.3, 0.4) is 0 Å². The van der Waals surface area contributed by atoms with E-state index in [2.05, 4.69) is 32.0 Å². The van der Waals surface area contributed by atoms with Crippen LogP contribution in [-0.2, 0) is 9.59 Å². The summed E-state index contributed by atoms with van der Waals surface area (Å²) in [6, 6.07) is 8.12. The maximum Gasteiger partial charge on any atom is 0.471 e. The van der Waals surface area contributed by atoms with Crippen LogP contribution in [0, 0.1) is 0 Å². The molecule has 3 heterocycles. The summed E-state index contributed by atoms with van der Waals surface area (Å²) in [5.41, 5.74) is 2.88. The molecular formula is C24H25F3N6O2. The summed E-state index contributed by atoms with van der Waals surface area (Å²) in [7, 11) is 0. The Morgan fingerprint density at radius 1 is 1.20 bits per heavy atom. The van der Waals surface area contributed by atoms with Crippen LogP contribution in [0.25, 0.3) is 22.2 Å². The van der Waals surface area contributed by atoms with E-state index in [1.54, 1.807) is 30.5 Å². The van der Waals surface area contributed by atoms with Crippen molar-refractivity contribution in [1.29, 1.82) is 0 Å². The summed E-state index contributed by atoms with van der Waals surface area (Å²) in [5, 5.41) is 13.2. The Morgan fingerprint density at radius 3 is 2.51 bits per heavy atom. The van der Waals surface area contributed by atoms with Crippen LogP contribution < -0.4 is 15.5 Å². The highest BCUT2D eigenvalue weighted by Gasteiger charge is 2.39. The van der Waals surface area contributed by atoms with Gasteiger partial charge in [0.2, 0.25) is 5.91 Å². The van der Waals surface area contributed by atoms with E-state index in [0.717, 1.165) is 35.2 Å². The molecule has 0 bridgehead atoms. The molecule has 11 heteroatoms. The van der Waals surface area contributed by atoms with Gasteiger partial charge in [-0.1, -0.05) is 30.8 Å². The minimum absolute atomic E-state index is 0.0759. The molecule has 1 saturated heterocycles. The summed E-state index contributed by atoms with van der Waals surface area (Å²) >= 11 is 0. The Labute approximate surface area is 199 Å². The van der Waals surface area contributed by atoms with Crippen molar-refractivity contribution in [3.05, 3.63) is 54.7 Å². The van der Waals surface area contributed by atoms with Crippen LogP contribution in [0.4, 0.5) is 19.0 Å². The van der Waals surface area contributed by atoms with Gasteiger partial charge in [-0.15, -0.1) is 0 Å². The second-order valence-corrected chi connectivity index (χ2v) is 8.42. The first-order valence-electron chi connectivity index (χ1n) is 11.2. The maximum absolute atomic E-state index is 12.6. The van der Waals surface area contributed by atoms with Crippen LogP contribution in [0.2, 0.25) is 0 Å². The lowest BCUT2D eigenvalue weighted by molar-refractivity contribution is -0.174. The van der Waals surface area contributed by atoms with Crippen LogP contribution in [0.5, 0.6) is 0 Å². The molecule has 0 radical (unpaired) electrons. The number of fused-ring (bicyclic) bond motifs is 1. The average Bonchev–Trinajstić information content (AvgIpc) is 3.28. The highest BCUT2D eigenvalue weighted by atomic mass is 19.4. The molecule has 8 nitrogen and oxygen atoms in total. The van der Waals surface area contributed by atoms with Crippen molar-refractivity contribution < 1.29 is 22.8 Å². The number of carbonyl (C=O) groups is 2. The molecule has 184 valence electrons. The van der Waals surface area contributed by atoms with Crippen molar-refractivity contribution in [1.82, 2.24) is 25.8 Å². The SMILES string of the molecule is C=CC(=O)NC1CCN(c2n[nH]c3nccc(-c4ccc([C@@H](C)NC(=O)C(F)(F)F)cc4)c23)CC1. The molecular weight excluding hydrogens is 461 g/mol. The van der Waals surface area contributed by atoms with E-state index in [9.17, 15) is 22.8 Å². The second kappa shape index (κ2) is 9.77. The third-order valence-electron chi connectivity index (χ3n) is 6.10. The van der Waals surface area contributed by atoms with Gasteiger partial charge < -0.3 is 15.5 Å². The lowest BCUT2D eigenvalue weighted by Gasteiger charge is -2.32. The quantitative estimate of drug-likeness (QED) is 0.462. The fraction of sp³-hybridized carbons (Fsp3) is 0.333. The predicted molar refractivity (Wildman–Crippen MR) is 126 cm³/mol. The van der Waals surface area contributed by atoms with Crippen molar-refractivity contribution in [2.75, 3.05) is 18.0 Å². The summed E-state index contributed by atoms with van der Waals surface area (Å²) in [6.45, 7) is 6.38. The van der Waals surface area contributed by atoms with Crippen LogP contribution in [-0.4, -0.2) is 52.3 Å². The topological polar surface area (TPSA) is 103 Å². The van der Waals surface area contributed by atoms with Gasteiger partial charge in [0.05, 0.1) is 11.4 Å². The predicted octanol–water partition coefficient (Wildman–Crippen LogP) is 3.64. The first-order chi connectivity index (χ1) is 16.7. The van der Waals surface area contributed by atoms with E-state index >= 15 is 0 Å². The normalized spacial score (nSPS) is 15.6. The van der Waals surface area contributed by atoms with Crippen LogP contribution in [0.1, 0.15) is 31.4 Å². The highest BCUT2D eigenvalue weighted by molar-refractivity contribution is 6.00. The number of benzene rings is 1. The van der Waals surface area contributed by atoms with Gasteiger partial charge in [0, 0.05) is 25.3 Å². The standard InChI is InChI=1S/C24H25F3N6O2/c1-3-19(34)30-17-9-12-33(13-10-17)22-20-18(8-11-28-21(20)31-32-22)16-6-4-15(5-7-16)14(2)29-23(35)24(25,26)27/h3-8,11,14,17H,1,9-10,12-13H2,2H3,(H,29,35)(H,30,34)(H,28,31,32)/t14-/m1/s1. The van der Waals surface area contributed by atoms with Gasteiger partial charge in [0.15, 0.2) is 11.5 Å². The number of aromatic amines is 1.